The first-order valence-corrected chi connectivity index (χ1v) is 47.1. The number of thiocarbonyl (C=S) groups is 3. The normalized spacial score (nSPS) is 15.6. The number of amides is 2. The fourth-order valence-electron chi connectivity index (χ4n) is 14.0. The number of carbonyl (C=O) groups is 4. The van der Waals surface area contributed by atoms with E-state index in [0.29, 0.717) is 110 Å². The van der Waals surface area contributed by atoms with Crippen LogP contribution < -0.4 is 42.5 Å². The molecule has 5 fully saturated rings. The highest BCUT2D eigenvalue weighted by molar-refractivity contribution is 7.80. The first kappa shape index (κ1) is 105. The zero-order valence-corrected chi connectivity index (χ0v) is 81.6. The van der Waals surface area contributed by atoms with Crippen molar-refractivity contribution in [1.82, 2.24) is 60.8 Å². The number of amidine groups is 8. The SMILES string of the molecule is CC(C)(C)C(=O)OCCNC(=O)Nc1ccc(C(=N)N=C(c2ccc[nH]2)N2C[C@H]3CC[C@@H](C2)O3)cc1.CC(C)(C)C(=O)OCCNC(=S)Nc1ccc(C(=N)N=C(c2ccc[nH]2)N2CCOCC2)cc1.CC(C)C(=O)OCCNC(=S)Nc1ccc(C(=N)N=C(c2ccc[nH]2)N2CCOCC2)cc1.N=C(N=C(c1ccc[nH]1)N1CCOCC1)c1ccc(NC(=S)NCCOCc2ccccc2)cc1. The van der Waals surface area contributed by atoms with E-state index in [0.717, 1.165) is 140 Å². The highest BCUT2D eigenvalue weighted by Crippen LogP contribution is 2.29. The number of benzene rings is 5. The van der Waals surface area contributed by atoms with Crippen molar-refractivity contribution in [2.45, 2.75) is 87.0 Å². The van der Waals surface area contributed by atoms with Gasteiger partial charge in [0.15, 0.2) is 62.0 Å². The van der Waals surface area contributed by atoms with Crippen molar-refractivity contribution < 1.29 is 57.1 Å². The van der Waals surface area contributed by atoms with Crippen molar-refractivity contribution in [3.05, 3.63) is 251 Å². The van der Waals surface area contributed by atoms with Crippen LogP contribution >= 0.6 is 36.7 Å². The minimum atomic E-state index is -0.578. The van der Waals surface area contributed by atoms with Gasteiger partial charge in [-0.2, -0.15) is 0 Å². The van der Waals surface area contributed by atoms with Gasteiger partial charge >= 0.3 is 23.9 Å². The topological polar surface area (TPSA) is 459 Å². The number of anilines is 4. The van der Waals surface area contributed by atoms with Crippen LogP contribution in [0.3, 0.4) is 0 Å². The molecular weight excluding hydrogens is 1810 g/mol. The van der Waals surface area contributed by atoms with E-state index < -0.39 is 16.9 Å². The Morgan fingerprint density at radius 2 is 0.703 bits per heavy atom. The third-order valence-corrected chi connectivity index (χ3v) is 22.1. The van der Waals surface area contributed by atoms with Crippen LogP contribution in [-0.2, 0) is 58.9 Å². The van der Waals surface area contributed by atoms with Gasteiger partial charge in [-0.05, 0) is 242 Å². The average Bonchev–Trinajstić information content (AvgIpc) is 1.65. The van der Waals surface area contributed by atoms with Crippen molar-refractivity contribution in [1.29, 1.82) is 21.6 Å². The van der Waals surface area contributed by atoms with Crippen LogP contribution in [0.5, 0.6) is 0 Å². The second kappa shape index (κ2) is 53.7. The lowest BCUT2D eigenvalue weighted by molar-refractivity contribution is -0.153. The van der Waals surface area contributed by atoms with E-state index in [1.54, 1.807) is 58.9 Å². The summed E-state index contributed by atoms with van der Waals surface area (Å²) in [5, 5.41) is 59.4. The summed E-state index contributed by atoms with van der Waals surface area (Å²) < 4.78 is 43.5. The Bertz CT molecular complexity index is 5550. The number of morpholine rings is 4. The van der Waals surface area contributed by atoms with E-state index in [-0.39, 0.29) is 85.7 Å². The summed E-state index contributed by atoms with van der Waals surface area (Å²) in [5.74, 6) is 2.69. The summed E-state index contributed by atoms with van der Waals surface area (Å²) in [4.78, 5) is 87.1. The molecule has 138 heavy (non-hydrogen) atoms. The number of hydrogen-bond acceptors (Lipinski definition) is 19. The number of esters is 3. The molecule has 5 aromatic carbocycles. The third-order valence-electron chi connectivity index (χ3n) is 21.4. The Morgan fingerprint density at radius 3 is 1.01 bits per heavy atom. The number of nitrogens with one attached hydrogen (secondary N) is 16. The highest BCUT2D eigenvalue weighted by atomic mass is 32.1. The molecule has 9 aromatic rings. The third kappa shape index (κ3) is 34.5. The smallest absolute Gasteiger partial charge is 0.319 e. The lowest BCUT2D eigenvalue weighted by Crippen LogP contribution is -2.46. The highest BCUT2D eigenvalue weighted by Gasteiger charge is 2.36. The largest absolute Gasteiger partial charge is 0.464 e. The fourth-order valence-corrected chi connectivity index (χ4v) is 14.6. The van der Waals surface area contributed by atoms with E-state index >= 15 is 0 Å². The average molecular weight is 1940 g/mol. The number of hydrogen-bond donors (Lipinski definition) is 16. The van der Waals surface area contributed by atoms with E-state index in [1.807, 2.05) is 197 Å². The molecule has 732 valence electrons. The summed E-state index contributed by atoms with van der Waals surface area (Å²) in [6.45, 7) is 27.5. The molecule has 4 aromatic heterocycles. The Morgan fingerprint density at radius 1 is 0.399 bits per heavy atom. The maximum atomic E-state index is 12.1. The summed E-state index contributed by atoms with van der Waals surface area (Å²) in [6, 6.07) is 54.3. The zero-order chi connectivity index (χ0) is 98.2. The molecule has 0 aliphatic carbocycles. The van der Waals surface area contributed by atoms with E-state index in [2.05, 4.69) is 102 Å². The minimum absolute atomic E-state index is 0.103. The van der Waals surface area contributed by atoms with Crippen LogP contribution in [0.2, 0.25) is 0 Å². The molecule has 5 saturated heterocycles. The Hall–Kier alpha value is -13.7. The van der Waals surface area contributed by atoms with Gasteiger partial charge < -0.3 is 120 Å². The Labute approximate surface area is 820 Å². The number of H-pyrrole nitrogens is 4. The van der Waals surface area contributed by atoms with Crippen molar-refractivity contribution in [2.75, 3.05) is 166 Å². The molecule has 2 amide bonds. The van der Waals surface area contributed by atoms with Crippen LogP contribution in [0, 0.1) is 38.4 Å². The van der Waals surface area contributed by atoms with Gasteiger partial charge in [0, 0.05) is 129 Å². The molecule has 14 rings (SSSR count). The number of carbonyl (C=O) groups excluding carboxylic acids is 4. The number of fused-ring (bicyclic) bond motifs is 2. The number of urea groups is 1. The summed E-state index contributed by atoms with van der Waals surface area (Å²) in [5.41, 5.74) is 9.26. The fraction of sp³-hybridized carbons (Fsp3) is 0.384. The van der Waals surface area contributed by atoms with Crippen LogP contribution in [0.25, 0.3) is 0 Å². The number of likely N-dealkylation sites (tertiary alicyclic amines) is 1. The molecule has 0 unspecified atom stereocenters. The lowest BCUT2D eigenvalue weighted by Gasteiger charge is -2.34. The predicted octanol–water partition coefficient (Wildman–Crippen LogP) is 12.6. The van der Waals surface area contributed by atoms with Gasteiger partial charge in [0.25, 0.3) is 0 Å². The van der Waals surface area contributed by atoms with Gasteiger partial charge in [-0.1, -0.05) is 44.2 Å². The lowest BCUT2D eigenvalue weighted by atomic mass is 9.97. The van der Waals surface area contributed by atoms with E-state index in [1.165, 1.54) is 0 Å². The van der Waals surface area contributed by atoms with Crippen molar-refractivity contribution in [2.24, 2.45) is 36.7 Å². The molecule has 2 bridgehead atoms. The number of aromatic nitrogens is 4. The summed E-state index contributed by atoms with van der Waals surface area (Å²) in [6.07, 6.45) is 9.94. The van der Waals surface area contributed by atoms with Crippen LogP contribution in [0.4, 0.5) is 27.5 Å². The maximum Gasteiger partial charge on any atom is 0.319 e. The molecule has 5 aliphatic rings. The molecular formula is C99H126N24O12S3. The Kier molecular flexibility index (Phi) is 40.8. The summed E-state index contributed by atoms with van der Waals surface area (Å²) in [7, 11) is 0. The maximum absolute atomic E-state index is 12.1. The molecule has 5 aliphatic heterocycles. The number of nitrogens with zero attached hydrogens (tertiary/aromatic N) is 8. The minimum Gasteiger partial charge on any atom is -0.464 e. The molecule has 2 atom stereocenters. The quantitative estimate of drug-likeness (QED) is 0.00568. The number of rotatable bonds is 27. The van der Waals surface area contributed by atoms with Gasteiger partial charge in [0.1, 0.15) is 19.8 Å². The molecule has 16 N–H and O–H groups in total. The summed E-state index contributed by atoms with van der Waals surface area (Å²) >= 11 is 16.0. The van der Waals surface area contributed by atoms with Crippen molar-refractivity contribution in [3.63, 3.8) is 0 Å². The van der Waals surface area contributed by atoms with Crippen LogP contribution in [-0.4, -0.2) is 282 Å². The monoisotopic (exact) mass is 1940 g/mol. The molecule has 0 saturated carbocycles. The zero-order valence-electron chi connectivity index (χ0n) is 79.2. The second-order valence-electron chi connectivity index (χ2n) is 34.6. The first-order chi connectivity index (χ1) is 66.5. The molecule has 36 nitrogen and oxygen atoms in total. The van der Waals surface area contributed by atoms with E-state index in [9.17, 15) is 19.2 Å². The molecule has 9 heterocycles. The van der Waals surface area contributed by atoms with E-state index in [4.69, 9.17) is 96.2 Å². The molecule has 0 spiro atoms. The van der Waals surface area contributed by atoms with Gasteiger partial charge in [0.05, 0.1) is 124 Å². The number of aromatic amines is 4. The molecule has 0 radical (unpaired) electrons. The number of ether oxygens (including phenoxy) is 8. The van der Waals surface area contributed by atoms with Crippen molar-refractivity contribution in [3.8, 4) is 0 Å². The molecule has 39 heteroatoms. The van der Waals surface area contributed by atoms with Gasteiger partial charge in [0.2, 0.25) is 0 Å². The van der Waals surface area contributed by atoms with Gasteiger partial charge in [-0.15, -0.1) is 0 Å². The predicted molar refractivity (Wildman–Crippen MR) is 551 cm³/mol. The van der Waals surface area contributed by atoms with Crippen LogP contribution in [0.15, 0.2) is 221 Å². The van der Waals surface area contributed by atoms with Gasteiger partial charge in [-0.3, -0.25) is 36.0 Å². The first-order valence-electron chi connectivity index (χ1n) is 45.9. The number of aliphatic imine (C=N–C) groups is 4. The standard InChI is InChI=1S/C26H34N6O4.C26H30N6O2S.C24H32N6O3S.C23H30N6O3S/c1-26(2,3)24(33)35-14-13-29-25(34)30-18-8-6-17(7-9-18)22(27)31-23(21-5-4-12-28-21)32-15-19-10-11-20(16-32)36-19;27-24(31-25(23-7-4-12-28-23)32-14-17-33-18-15-32)21-8-10-22(11-9-21)30-26(35)29-13-16-34-19-20-5-2-1-3-6-20;1-24(2,3)22(31)33-14-11-27-23(34)28-18-8-6-17(7-9-18)20(25)29-21(19-5-4-10-26-19)30-12-15-32-16-13-30;1-16(2)22(30)32-13-10-26-23(33)27-18-7-5-17(6-8-18)20(24)28-21(19-4-3-9-25-19)29-11-14-31-15-12-29/h4-9,12,19-20,27-28H,10-11,13-16H2,1-3H3,(H2,29,30,34);1-12,27-28H,13-19H2,(H2,29,30,35);4-10,25-26H,11-16H2,1-3H3,(H2,27,28,34);3-9,16,24-25H,10-15H2,1-2H3,(H2,26,27,33)/t19-,20+;;;. The van der Waals surface area contributed by atoms with Crippen LogP contribution in [0.1, 0.15) is 119 Å². The van der Waals surface area contributed by atoms with Gasteiger partial charge in [-0.25, -0.2) is 24.8 Å². The second-order valence-corrected chi connectivity index (χ2v) is 35.8. The van der Waals surface area contributed by atoms with Crippen molar-refractivity contribution >= 4 is 145 Å². The Balaban J connectivity index is 0.000000176.